The molecule has 0 heterocycles. The molecule has 0 aliphatic rings. The van der Waals surface area contributed by atoms with Crippen molar-refractivity contribution in [1.82, 2.24) is 5.32 Å². The van der Waals surface area contributed by atoms with E-state index in [0.29, 0.717) is 25.9 Å². The second kappa shape index (κ2) is 57.9. The van der Waals surface area contributed by atoms with Crippen LogP contribution in [-0.2, 0) is 14.3 Å². The highest BCUT2D eigenvalue weighted by Gasteiger charge is 2.20. The topological polar surface area (TPSA) is 95.9 Å². The Morgan fingerprint density at radius 2 is 0.735 bits per heavy atom. The Labute approximate surface area is 424 Å². The van der Waals surface area contributed by atoms with Gasteiger partial charge < -0.3 is 20.3 Å². The van der Waals surface area contributed by atoms with Gasteiger partial charge in [-0.05, 0) is 57.8 Å². The molecule has 0 rings (SSSR count). The maximum absolute atomic E-state index is 12.5. The van der Waals surface area contributed by atoms with Gasteiger partial charge in [-0.3, -0.25) is 9.59 Å². The molecule has 0 aromatic carbocycles. The van der Waals surface area contributed by atoms with Crippen molar-refractivity contribution in [1.29, 1.82) is 0 Å². The summed E-state index contributed by atoms with van der Waals surface area (Å²) in [4.78, 5) is 24.6. The molecule has 0 aromatic rings. The van der Waals surface area contributed by atoms with Crippen LogP contribution in [0.4, 0.5) is 0 Å². The summed E-state index contributed by atoms with van der Waals surface area (Å²) in [5, 5.41) is 23.3. The number of rotatable bonds is 57. The Morgan fingerprint density at radius 1 is 0.412 bits per heavy atom. The summed E-state index contributed by atoms with van der Waals surface area (Å²) in [5.41, 5.74) is 0. The first-order chi connectivity index (χ1) is 33.5. The van der Waals surface area contributed by atoms with Crippen LogP contribution in [0.3, 0.4) is 0 Å². The predicted octanol–water partition coefficient (Wildman–Crippen LogP) is 19.0. The first-order valence-electron chi connectivity index (χ1n) is 30.6. The third-order valence-corrected chi connectivity index (χ3v) is 14.3. The number of ether oxygens (including phenoxy) is 1. The molecule has 3 N–H and O–H groups in total. The fraction of sp³-hybridized carbons (Fsp3) is 0.903. The van der Waals surface area contributed by atoms with E-state index < -0.39 is 12.1 Å². The Kier molecular flexibility index (Phi) is 56.5. The third kappa shape index (κ3) is 53.7. The highest BCUT2D eigenvalue weighted by molar-refractivity contribution is 5.76. The number of aliphatic hydroxyl groups is 2. The molecule has 0 bridgehead atoms. The molecule has 6 nitrogen and oxygen atoms in total. The molecule has 0 saturated carbocycles. The van der Waals surface area contributed by atoms with Crippen molar-refractivity contribution in [2.75, 3.05) is 13.2 Å². The van der Waals surface area contributed by atoms with Gasteiger partial charge in [0, 0.05) is 12.8 Å². The second-order valence-corrected chi connectivity index (χ2v) is 21.0. The van der Waals surface area contributed by atoms with Crippen LogP contribution in [0.1, 0.15) is 335 Å². The van der Waals surface area contributed by atoms with Crippen LogP contribution in [0.15, 0.2) is 24.3 Å². The average molecular weight is 959 g/mol. The van der Waals surface area contributed by atoms with Gasteiger partial charge in [0.2, 0.25) is 5.91 Å². The lowest BCUT2D eigenvalue weighted by molar-refractivity contribution is -0.143. The lowest BCUT2D eigenvalue weighted by Crippen LogP contribution is -2.45. The van der Waals surface area contributed by atoms with Gasteiger partial charge in [0.15, 0.2) is 0 Å². The maximum atomic E-state index is 12.5. The molecule has 68 heavy (non-hydrogen) atoms. The van der Waals surface area contributed by atoms with E-state index in [0.717, 1.165) is 51.4 Å². The van der Waals surface area contributed by atoms with Crippen molar-refractivity contribution in [3.63, 3.8) is 0 Å². The van der Waals surface area contributed by atoms with Crippen molar-refractivity contribution in [2.24, 2.45) is 0 Å². The van der Waals surface area contributed by atoms with Crippen molar-refractivity contribution in [2.45, 2.75) is 347 Å². The number of nitrogens with one attached hydrogen (secondary N) is 1. The minimum atomic E-state index is -0.669. The van der Waals surface area contributed by atoms with E-state index in [-0.39, 0.29) is 18.5 Å². The van der Waals surface area contributed by atoms with Gasteiger partial charge >= 0.3 is 5.97 Å². The van der Waals surface area contributed by atoms with Gasteiger partial charge in [-0.25, -0.2) is 0 Å². The quantitative estimate of drug-likeness (QED) is 0.0321. The fourth-order valence-corrected chi connectivity index (χ4v) is 9.55. The number of hydrogen-bond donors (Lipinski definition) is 3. The summed E-state index contributed by atoms with van der Waals surface area (Å²) < 4.78 is 5.48. The van der Waals surface area contributed by atoms with Gasteiger partial charge in [0.25, 0.3) is 0 Å². The minimum absolute atomic E-state index is 0.00745. The number of aliphatic hydroxyl groups excluding tert-OH is 2. The molecule has 0 aliphatic heterocycles. The molecule has 0 fully saturated rings. The molecule has 0 radical (unpaired) electrons. The number of allylic oxidation sites excluding steroid dienone is 4. The van der Waals surface area contributed by atoms with Crippen molar-refractivity contribution < 1.29 is 24.5 Å². The largest absolute Gasteiger partial charge is 0.466 e. The van der Waals surface area contributed by atoms with Crippen LogP contribution in [0.25, 0.3) is 0 Å². The van der Waals surface area contributed by atoms with E-state index in [1.807, 2.05) is 0 Å². The molecule has 402 valence electrons. The summed E-state index contributed by atoms with van der Waals surface area (Å²) >= 11 is 0. The molecule has 2 atom stereocenters. The molecule has 0 aromatic heterocycles. The maximum Gasteiger partial charge on any atom is 0.305 e. The van der Waals surface area contributed by atoms with Gasteiger partial charge in [0.1, 0.15) is 0 Å². The van der Waals surface area contributed by atoms with Crippen LogP contribution in [0.5, 0.6) is 0 Å². The van der Waals surface area contributed by atoms with Gasteiger partial charge in [-0.15, -0.1) is 0 Å². The lowest BCUT2D eigenvalue weighted by Gasteiger charge is -2.22. The Balaban J connectivity index is 3.42. The number of carbonyl (C=O) groups excluding carboxylic acids is 2. The summed E-state index contributed by atoms with van der Waals surface area (Å²) in [7, 11) is 0. The van der Waals surface area contributed by atoms with E-state index in [1.165, 1.54) is 250 Å². The standard InChI is InChI=1S/C62H119NO5/c1-3-5-7-9-11-13-15-17-19-21-23-26-30-34-38-42-46-50-54-60(65)59(58-64)63-61(66)55-51-47-43-39-35-31-27-24-22-25-29-33-37-41-45-49-53-57-68-62(67)56-52-48-44-40-36-32-28-20-18-16-14-12-10-8-6-4-2/h14,16,20,28,59-60,64-65H,3-13,15,17-19,21-27,29-58H2,1-2H3,(H,63,66)/b16-14-,28-20-. The van der Waals surface area contributed by atoms with Crippen LogP contribution < -0.4 is 5.32 Å². The first-order valence-corrected chi connectivity index (χ1v) is 30.6. The normalized spacial score (nSPS) is 12.7. The van der Waals surface area contributed by atoms with Crippen molar-refractivity contribution in [3.05, 3.63) is 24.3 Å². The molecule has 6 heteroatoms. The molecular weight excluding hydrogens is 839 g/mol. The number of hydrogen-bond acceptors (Lipinski definition) is 5. The van der Waals surface area contributed by atoms with E-state index in [1.54, 1.807) is 0 Å². The Bertz CT molecular complexity index is 1060. The molecule has 0 aliphatic carbocycles. The Morgan fingerprint density at radius 3 is 1.13 bits per heavy atom. The Hall–Kier alpha value is -1.66. The van der Waals surface area contributed by atoms with Gasteiger partial charge in [-0.1, -0.05) is 289 Å². The van der Waals surface area contributed by atoms with Crippen LogP contribution in [0.2, 0.25) is 0 Å². The zero-order chi connectivity index (χ0) is 49.3. The first kappa shape index (κ1) is 66.3. The summed E-state index contributed by atoms with van der Waals surface area (Å²) in [6, 6.07) is -0.546. The molecule has 0 spiro atoms. The third-order valence-electron chi connectivity index (χ3n) is 14.3. The molecular formula is C62H119NO5. The smallest absolute Gasteiger partial charge is 0.305 e. The van der Waals surface area contributed by atoms with Crippen molar-refractivity contribution in [3.8, 4) is 0 Å². The zero-order valence-corrected chi connectivity index (χ0v) is 45.9. The summed E-state index contributed by atoms with van der Waals surface area (Å²) in [6.07, 6.45) is 70.3. The SMILES string of the molecule is CCCCCC/C=C\C/C=C\CCCCCCCC(=O)OCCCCCCCCCCCCCCCCCCCC(=O)NC(CO)C(O)CCCCCCCCCCCCCCCCCCCC. The van der Waals surface area contributed by atoms with E-state index in [4.69, 9.17) is 4.74 Å². The van der Waals surface area contributed by atoms with Crippen LogP contribution in [0, 0.1) is 0 Å². The minimum Gasteiger partial charge on any atom is -0.466 e. The van der Waals surface area contributed by atoms with Gasteiger partial charge in [-0.2, -0.15) is 0 Å². The van der Waals surface area contributed by atoms with Crippen LogP contribution in [-0.4, -0.2) is 47.4 Å². The zero-order valence-electron chi connectivity index (χ0n) is 45.9. The highest BCUT2D eigenvalue weighted by atomic mass is 16.5. The molecule has 2 unspecified atom stereocenters. The number of carbonyl (C=O) groups is 2. The highest BCUT2D eigenvalue weighted by Crippen LogP contribution is 2.18. The average Bonchev–Trinajstić information content (AvgIpc) is 3.34. The molecule has 1 amide bonds. The van der Waals surface area contributed by atoms with E-state index >= 15 is 0 Å². The van der Waals surface area contributed by atoms with Gasteiger partial charge in [0.05, 0.1) is 25.4 Å². The van der Waals surface area contributed by atoms with Crippen LogP contribution >= 0.6 is 0 Å². The summed E-state index contributed by atoms with van der Waals surface area (Å²) in [5.74, 6) is -0.0455. The lowest BCUT2D eigenvalue weighted by atomic mass is 10.0. The van der Waals surface area contributed by atoms with E-state index in [9.17, 15) is 19.8 Å². The van der Waals surface area contributed by atoms with Crippen molar-refractivity contribution >= 4 is 11.9 Å². The monoisotopic (exact) mass is 958 g/mol. The predicted molar refractivity (Wildman–Crippen MR) is 296 cm³/mol. The molecule has 0 saturated heterocycles. The number of amides is 1. The second-order valence-electron chi connectivity index (χ2n) is 21.0. The number of unbranched alkanes of at least 4 members (excludes halogenated alkanes) is 42. The van der Waals surface area contributed by atoms with E-state index in [2.05, 4.69) is 43.5 Å². The number of esters is 1. The fourth-order valence-electron chi connectivity index (χ4n) is 9.55. The summed E-state index contributed by atoms with van der Waals surface area (Å²) in [6.45, 7) is 4.94.